The van der Waals surface area contributed by atoms with Gasteiger partial charge in [-0.15, -0.1) is 0 Å². The van der Waals surface area contributed by atoms with Crippen LogP contribution in [-0.2, 0) is 4.79 Å². The molecule has 4 heteroatoms. The molecule has 1 rings (SSSR count). The second kappa shape index (κ2) is 4.75. The van der Waals surface area contributed by atoms with E-state index in [9.17, 15) is 9.90 Å². The van der Waals surface area contributed by atoms with Gasteiger partial charge in [-0.05, 0) is 19.8 Å². The molecule has 1 aliphatic rings. The molecule has 0 aromatic rings. The minimum absolute atomic E-state index is 0.0658. The first-order valence-corrected chi connectivity index (χ1v) is 5.17. The highest BCUT2D eigenvalue weighted by Gasteiger charge is 2.33. The molecule has 0 aromatic heterocycles. The normalized spacial score (nSPS) is 22.1. The fourth-order valence-corrected chi connectivity index (χ4v) is 1.97. The zero-order valence-corrected chi connectivity index (χ0v) is 8.62. The number of carboxylic acid groups (broad SMARTS) is 1. The van der Waals surface area contributed by atoms with E-state index in [1.165, 1.54) is 0 Å². The van der Waals surface area contributed by atoms with E-state index in [2.05, 4.69) is 5.32 Å². The number of nitrogens with one attached hydrogen (secondary N) is 1. The summed E-state index contributed by atoms with van der Waals surface area (Å²) in [4.78, 5) is 10.6. The molecule has 82 valence electrons. The van der Waals surface area contributed by atoms with Crippen molar-refractivity contribution in [1.29, 1.82) is 0 Å². The lowest BCUT2D eigenvalue weighted by Crippen LogP contribution is -2.42. The largest absolute Gasteiger partial charge is 0.480 e. The van der Waals surface area contributed by atoms with E-state index in [4.69, 9.17) is 5.11 Å². The molecular weight excluding hydrogens is 182 g/mol. The van der Waals surface area contributed by atoms with Crippen LogP contribution >= 0.6 is 0 Å². The fraction of sp³-hybridized carbons (Fsp3) is 0.900. The standard InChI is InChI=1S/C10H19NO3/c1-8(9(13)14)11-6-10(7-12)4-2-3-5-10/h8,11-12H,2-7H2,1H3,(H,13,14). The molecule has 1 aliphatic carbocycles. The summed E-state index contributed by atoms with van der Waals surface area (Å²) < 4.78 is 0. The van der Waals surface area contributed by atoms with Gasteiger partial charge in [0.25, 0.3) is 0 Å². The van der Waals surface area contributed by atoms with Crippen LogP contribution in [0.1, 0.15) is 32.6 Å². The van der Waals surface area contributed by atoms with Gasteiger partial charge in [-0.1, -0.05) is 12.8 Å². The third kappa shape index (κ3) is 2.69. The number of hydrogen-bond acceptors (Lipinski definition) is 3. The first-order valence-electron chi connectivity index (χ1n) is 5.17. The second-order valence-corrected chi connectivity index (χ2v) is 4.31. The second-order valence-electron chi connectivity index (χ2n) is 4.31. The van der Waals surface area contributed by atoms with Crippen LogP contribution in [0.4, 0.5) is 0 Å². The maximum Gasteiger partial charge on any atom is 0.320 e. The van der Waals surface area contributed by atoms with E-state index in [0.717, 1.165) is 25.7 Å². The number of carboxylic acids is 1. The van der Waals surface area contributed by atoms with Gasteiger partial charge in [-0.3, -0.25) is 4.79 Å². The average Bonchev–Trinajstić information content (AvgIpc) is 2.63. The first-order chi connectivity index (χ1) is 6.59. The van der Waals surface area contributed by atoms with Gasteiger partial charge in [-0.2, -0.15) is 0 Å². The molecule has 1 saturated carbocycles. The van der Waals surface area contributed by atoms with Gasteiger partial charge >= 0.3 is 5.97 Å². The van der Waals surface area contributed by atoms with Crippen LogP contribution in [0.15, 0.2) is 0 Å². The van der Waals surface area contributed by atoms with E-state index in [1.54, 1.807) is 6.92 Å². The lowest BCUT2D eigenvalue weighted by molar-refractivity contribution is -0.139. The monoisotopic (exact) mass is 201 g/mol. The minimum Gasteiger partial charge on any atom is -0.480 e. The fourth-order valence-electron chi connectivity index (χ4n) is 1.97. The van der Waals surface area contributed by atoms with E-state index >= 15 is 0 Å². The molecule has 14 heavy (non-hydrogen) atoms. The lowest BCUT2D eigenvalue weighted by Gasteiger charge is -2.27. The number of hydrogen-bond donors (Lipinski definition) is 3. The maximum absolute atomic E-state index is 10.6. The Morgan fingerprint density at radius 3 is 2.50 bits per heavy atom. The summed E-state index contributed by atoms with van der Waals surface area (Å²) in [5.41, 5.74) is -0.0658. The predicted molar refractivity (Wildman–Crippen MR) is 53.1 cm³/mol. The van der Waals surface area contributed by atoms with Gasteiger partial charge in [0.05, 0.1) is 0 Å². The molecule has 1 unspecified atom stereocenters. The molecule has 0 amide bonds. The smallest absolute Gasteiger partial charge is 0.320 e. The first kappa shape index (κ1) is 11.5. The Kier molecular flexibility index (Phi) is 3.89. The van der Waals surface area contributed by atoms with Gasteiger partial charge in [-0.25, -0.2) is 0 Å². The molecule has 0 bridgehead atoms. The zero-order valence-electron chi connectivity index (χ0n) is 8.62. The SMILES string of the molecule is CC(NCC1(CO)CCCC1)C(=O)O. The Morgan fingerprint density at radius 1 is 1.50 bits per heavy atom. The third-order valence-electron chi connectivity index (χ3n) is 3.15. The summed E-state index contributed by atoms with van der Waals surface area (Å²) >= 11 is 0. The summed E-state index contributed by atoms with van der Waals surface area (Å²) in [6, 6.07) is -0.529. The molecule has 1 fully saturated rings. The summed E-state index contributed by atoms with van der Waals surface area (Å²) in [7, 11) is 0. The van der Waals surface area contributed by atoms with Crippen LogP contribution < -0.4 is 5.32 Å². The van der Waals surface area contributed by atoms with Crippen molar-refractivity contribution in [1.82, 2.24) is 5.32 Å². The number of rotatable bonds is 5. The van der Waals surface area contributed by atoms with Crippen molar-refractivity contribution in [2.75, 3.05) is 13.2 Å². The average molecular weight is 201 g/mol. The molecule has 4 nitrogen and oxygen atoms in total. The Labute approximate surface area is 84.3 Å². The number of aliphatic hydroxyl groups is 1. The highest BCUT2D eigenvalue weighted by Crippen LogP contribution is 2.36. The number of carbonyl (C=O) groups is 1. The maximum atomic E-state index is 10.6. The van der Waals surface area contributed by atoms with Crippen molar-refractivity contribution in [2.24, 2.45) is 5.41 Å². The minimum atomic E-state index is -0.837. The van der Waals surface area contributed by atoms with Crippen molar-refractivity contribution in [3.8, 4) is 0 Å². The van der Waals surface area contributed by atoms with E-state index in [-0.39, 0.29) is 12.0 Å². The van der Waals surface area contributed by atoms with Crippen LogP contribution in [-0.4, -0.2) is 35.4 Å². The van der Waals surface area contributed by atoms with Gasteiger partial charge in [0.1, 0.15) is 6.04 Å². The van der Waals surface area contributed by atoms with Crippen LogP contribution in [0.25, 0.3) is 0 Å². The molecule has 1 atom stereocenters. The van der Waals surface area contributed by atoms with Crippen molar-refractivity contribution < 1.29 is 15.0 Å². The predicted octanol–water partition coefficient (Wildman–Crippen LogP) is 0.602. The van der Waals surface area contributed by atoms with Crippen LogP contribution in [0.2, 0.25) is 0 Å². The molecule has 0 saturated heterocycles. The van der Waals surface area contributed by atoms with Gasteiger partial charge in [0.2, 0.25) is 0 Å². The third-order valence-corrected chi connectivity index (χ3v) is 3.15. The lowest BCUT2D eigenvalue weighted by atomic mass is 9.87. The Bertz CT molecular complexity index is 200. The summed E-state index contributed by atoms with van der Waals surface area (Å²) in [6.07, 6.45) is 4.29. The van der Waals surface area contributed by atoms with Crippen LogP contribution in [0, 0.1) is 5.41 Å². The molecule has 0 aliphatic heterocycles. The summed E-state index contributed by atoms with van der Waals surface area (Å²) in [5, 5.41) is 20.9. The van der Waals surface area contributed by atoms with E-state index in [0.29, 0.717) is 6.54 Å². The van der Waals surface area contributed by atoms with Crippen LogP contribution in [0.5, 0.6) is 0 Å². The highest BCUT2D eigenvalue weighted by atomic mass is 16.4. The van der Waals surface area contributed by atoms with Crippen molar-refractivity contribution in [3.63, 3.8) is 0 Å². The van der Waals surface area contributed by atoms with Crippen molar-refractivity contribution in [3.05, 3.63) is 0 Å². The van der Waals surface area contributed by atoms with Gasteiger partial charge in [0.15, 0.2) is 0 Å². The molecule has 0 radical (unpaired) electrons. The van der Waals surface area contributed by atoms with E-state index < -0.39 is 12.0 Å². The molecular formula is C10H19NO3. The summed E-state index contributed by atoms with van der Waals surface area (Å²) in [5.74, 6) is -0.837. The Balaban J connectivity index is 2.38. The number of aliphatic carboxylic acids is 1. The Hall–Kier alpha value is -0.610. The zero-order chi connectivity index (χ0) is 10.6. The summed E-state index contributed by atoms with van der Waals surface area (Å²) in [6.45, 7) is 2.39. The van der Waals surface area contributed by atoms with E-state index in [1.807, 2.05) is 0 Å². The highest BCUT2D eigenvalue weighted by molar-refractivity contribution is 5.72. The Morgan fingerprint density at radius 2 is 2.07 bits per heavy atom. The van der Waals surface area contributed by atoms with Crippen molar-refractivity contribution in [2.45, 2.75) is 38.6 Å². The van der Waals surface area contributed by atoms with Crippen LogP contribution in [0.3, 0.4) is 0 Å². The quantitative estimate of drug-likeness (QED) is 0.609. The molecule has 0 heterocycles. The molecule has 0 spiro atoms. The van der Waals surface area contributed by atoms with Gasteiger partial charge < -0.3 is 15.5 Å². The van der Waals surface area contributed by atoms with Gasteiger partial charge in [0, 0.05) is 18.6 Å². The molecule has 3 N–H and O–H groups in total. The molecule has 0 aromatic carbocycles. The topological polar surface area (TPSA) is 69.6 Å². The van der Waals surface area contributed by atoms with Crippen molar-refractivity contribution >= 4 is 5.97 Å². The number of aliphatic hydroxyl groups excluding tert-OH is 1.